The molecule has 0 aromatic carbocycles. The summed E-state index contributed by atoms with van der Waals surface area (Å²) >= 11 is 0. The normalized spacial score (nSPS) is 17.8. The van der Waals surface area contributed by atoms with Crippen LogP contribution in [0.5, 0.6) is 0 Å². The maximum atomic E-state index is 5.73. The predicted octanol–water partition coefficient (Wildman–Crippen LogP) is 0.870. The summed E-state index contributed by atoms with van der Waals surface area (Å²) in [4.78, 5) is 2.48. The van der Waals surface area contributed by atoms with Crippen molar-refractivity contribution in [3.05, 3.63) is 11.9 Å². The summed E-state index contributed by atoms with van der Waals surface area (Å²) in [7, 11) is 0. The molecular formula is C10H18N4. The average Bonchev–Trinajstić information content (AvgIpc) is 2.77. The molecule has 2 N–H and O–H groups in total. The molecule has 2 heterocycles. The van der Waals surface area contributed by atoms with Crippen LogP contribution < -0.4 is 5.73 Å². The van der Waals surface area contributed by atoms with E-state index in [1.165, 1.54) is 25.9 Å². The minimum Gasteiger partial charge on any atom is -0.396 e. The molecule has 0 saturated carbocycles. The lowest BCUT2D eigenvalue weighted by atomic mass is 10.4. The van der Waals surface area contributed by atoms with Crippen molar-refractivity contribution < 1.29 is 0 Å². The second-order valence-corrected chi connectivity index (χ2v) is 3.96. The molecule has 4 nitrogen and oxygen atoms in total. The van der Waals surface area contributed by atoms with Crippen LogP contribution >= 0.6 is 0 Å². The molecule has 0 spiro atoms. The Hall–Kier alpha value is -1.03. The zero-order valence-corrected chi connectivity index (χ0v) is 8.74. The zero-order valence-electron chi connectivity index (χ0n) is 8.74. The van der Waals surface area contributed by atoms with Crippen LogP contribution in [-0.4, -0.2) is 34.3 Å². The highest BCUT2D eigenvalue weighted by molar-refractivity contribution is 5.39. The standard InChI is InChI=1S/C10H18N4/c1-9-10(11)8-12-14(9)7-6-13-4-2-3-5-13/h8H,2-7,11H2,1H3. The topological polar surface area (TPSA) is 47.1 Å². The monoisotopic (exact) mass is 194 g/mol. The molecule has 4 heteroatoms. The van der Waals surface area contributed by atoms with E-state index in [4.69, 9.17) is 5.73 Å². The van der Waals surface area contributed by atoms with Gasteiger partial charge in [-0.15, -0.1) is 0 Å². The van der Waals surface area contributed by atoms with Gasteiger partial charge in [-0.05, 0) is 32.9 Å². The molecule has 0 amide bonds. The van der Waals surface area contributed by atoms with Crippen LogP contribution in [0.25, 0.3) is 0 Å². The molecule has 0 atom stereocenters. The summed E-state index contributed by atoms with van der Waals surface area (Å²) < 4.78 is 1.99. The quantitative estimate of drug-likeness (QED) is 0.776. The van der Waals surface area contributed by atoms with Gasteiger partial charge < -0.3 is 10.6 Å². The van der Waals surface area contributed by atoms with Crippen LogP contribution in [-0.2, 0) is 6.54 Å². The Morgan fingerprint density at radius 1 is 1.36 bits per heavy atom. The van der Waals surface area contributed by atoms with E-state index in [1.54, 1.807) is 6.20 Å². The molecule has 1 fully saturated rings. The highest BCUT2D eigenvalue weighted by Crippen LogP contribution is 2.10. The van der Waals surface area contributed by atoms with Crippen LogP contribution in [0.2, 0.25) is 0 Å². The minimum absolute atomic E-state index is 0.798. The van der Waals surface area contributed by atoms with Crippen molar-refractivity contribution in [2.24, 2.45) is 0 Å². The first-order chi connectivity index (χ1) is 6.77. The van der Waals surface area contributed by atoms with Crippen molar-refractivity contribution in [3.63, 3.8) is 0 Å². The molecule has 0 radical (unpaired) electrons. The van der Waals surface area contributed by atoms with E-state index in [0.29, 0.717) is 0 Å². The van der Waals surface area contributed by atoms with Crippen LogP contribution in [0.1, 0.15) is 18.5 Å². The van der Waals surface area contributed by atoms with Gasteiger partial charge in [0, 0.05) is 6.54 Å². The molecule has 0 unspecified atom stereocenters. The Bertz CT molecular complexity index is 299. The van der Waals surface area contributed by atoms with E-state index in [9.17, 15) is 0 Å². The van der Waals surface area contributed by atoms with Gasteiger partial charge >= 0.3 is 0 Å². The van der Waals surface area contributed by atoms with Gasteiger partial charge in [0.25, 0.3) is 0 Å². The number of hydrogen-bond acceptors (Lipinski definition) is 3. The maximum absolute atomic E-state index is 5.73. The highest BCUT2D eigenvalue weighted by Gasteiger charge is 2.11. The SMILES string of the molecule is Cc1c(N)cnn1CCN1CCCC1. The third-order valence-electron chi connectivity index (χ3n) is 2.97. The Morgan fingerprint density at radius 3 is 2.64 bits per heavy atom. The third kappa shape index (κ3) is 1.90. The van der Waals surface area contributed by atoms with E-state index >= 15 is 0 Å². The van der Waals surface area contributed by atoms with Gasteiger partial charge in [0.15, 0.2) is 0 Å². The number of likely N-dealkylation sites (tertiary alicyclic amines) is 1. The minimum atomic E-state index is 0.798. The number of nitrogen functional groups attached to an aromatic ring is 1. The fraction of sp³-hybridized carbons (Fsp3) is 0.700. The van der Waals surface area contributed by atoms with Gasteiger partial charge in [-0.2, -0.15) is 5.10 Å². The molecule has 78 valence electrons. The first-order valence-corrected chi connectivity index (χ1v) is 5.27. The Morgan fingerprint density at radius 2 is 2.07 bits per heavy atom. The molecule has 1 saturated heterocycles. The average molecular weight is 194 g/mol. The summed E-state index contributed by atoms with van der Waals surface area (Å²) in [5, 5.41) is 4.24. The number of anilines is 1. The van der Waals surface area contributed by atoms with Crippen LogP contribution in [0, 0.1) is 6.92 Å². The first kappa shape index (κ1) is 9.52. The predicted molar refractivity (Wildman–Crippen MR) is 57.1 cm³/mol. The summed E-state index contributed by atoms with van der Waals surface area (Å²) in [6, 6.07) is 0. The smallest absolute Gasteiger partial charge is 0.0730 e. The fourth-order valence-corrected chi connectivity index (χ4v) is 1.93. The van der Waals surface area contributed by atoms with Crippen LogP contribution in [0.15, 0.2) is 6.20 Å². The van der Waals surface area contributed by atoms with Gasteiger partial charge in [-0.1, -0.05) is 0 Å². The molecular weight excluding hydrogens is 176 g/mol. The number of nitrogens with zero attached hydrogens (tertiary/aromatic N) is 3. The summed E-state index contributed by atoms with van der Waals surface area (Å²) in [5.74, 6) is 0. The molecule has 1 aliphatic rings. The number of aromatic nitrogens is 2. The van der Waals surface area contributed by atoms with Gasteiger partial charge in [-0.3, -0.25) is 4.68 Å². The van der Waals surface area contributed by atoms with Gasteiger partial charge in [0.1, 0.15) is 0 Å². The molecule has 0 aliphatic carbocycles. The van der Waals surface area contributed by atoms with Gasteiger partial charge in [-0.25, -0.2) is 0 Å². The Kier molecular flexibility index (Phi) is 2.72. The van der Waals surface area contributed by atoms with E-state index < -0.39 is 0 Å². The van der Waals surface area contributed by atoms with Crippen LogP contribution in [0.3, 0.4) is 0 Å². The molecule has 1 aromatic heterocycles. The van der Waals surface area contributed by atoms with Gasteiger partial charge in [0.2, 0.25) is 0 Å². The van der Waals surface area contributed by atoms with E-state index in [1.807, 2.05) is 11.6 Å². The number of hydrogen-bond donors (Lipinski definition) is 1. The lowest BCUT2D eigenvalue weighted by Crippen LogP contribution is -2.24. The van der Waals surface area contributed by atoms with E-state index in [-0.39, 0.29) is 0 Å². The van der Waals surface area contributed by atoms with Crippen molar-refractivity contribution in [2.75, 3.05) is 25.4 Å². The lowest BCUT2D eigenvalue weighted by molar-refractivity contribution is 0.314. The molecule has 0 bridgehead atoms. The summed E-state index contributed by atoms with van der Waals surface area (Å²) in [6.07, 6.45) is 4.43. The Balaban J connectivity index is 1.88. The maximum Gasteiger partial charge on any atom is 0.0730 e. The lowest BCUT2D eigenvalue weighted by Gasteiger charge is -2.14. The highest BCUT2D eigenvalue weighted by atomic mass is 15.3. The van der Waals surface area contributed by atoms with E-state index in [0.717, 1.165) is 24.5 Å². The summed E-state index contributed by atoms with van der Waals surface area (Å²) in [6.45, 7) is 6.57. The van der Waals surface area contributed by atoms with E-state index in [2.05, 4.69) is 10.00 Å². The molecule has 1 aliphatic heterocycles. The third-order valence-corrected chi connectivity index (χ3v) is 2.97. The van der Waals surface area contributed by atoms with Crippen molar-refractivity contribution in [3.8, 4) is 0 Å². The second kappa shape index (κ2) is 4.00. The Labute approximate surface area is 84.7 Å². The van der Waals surface area contributed by atoms with Crippen molar-refractivity contribution in [1.29, 1.82) is 0 Å². The van der Waals surface area contributed by atoms with Crippen LogP contribution in [0.4, 0.5) is 5.69 Å². The summed E-state index contributed by atoms with van der Waals surface area (Å²) in [5.41, 5.74) is 7.61. The first-order valence-electron chi connectivity index (χ1n) is 5.27. The van der Waals surface area contributed by atoms with Crippen molar-refractivity contribution in [2.45, 2.75) is 26.3 Å². The fourth-order valence-electron chi connectivity index (χ4n) is 1.93. The molecule has 14 heavy (non-hydrogen) atoms. The second-order valence-electron chi connectivity index (χ2n) is 3.96. The molecule has 2 rings (SSSR count). The number of nitrogens with two attached hydrogens (primary N) is 1. The largest absolute Gasteiger partial charge is 0.396 e. The molecule has 1 aromatic rings. The van der Waals surface area contributed by atoms with Gasteiger partial charge in [0.05, 0.1) is 24.1 Å². The van der Waals surface area contributed by atoms with Crippen molar-refractivity contribution in [1.82, 2.24) is 14.7 Å². The zero-order chi connectivity index (χ0) is 9.97. The number of rotatable bonds is 3. The van der Waals surface area contributed by atoms with Crippen molar-refractivity contribution >= 4 is 5.69 Å².